The number of aromatic nitrogens is 1. The zero-order chi connectivity index (χ0) is 11.7. The van der Waals surface area contributed by atoms with E-state index < -0.39 is 0 Å². The molecule has 0 spiro atoms. The average molecular weight is 265 g/mol. The fraction of sp³-hybridized carbons (Fsp3) is 0.250. The van der Waals surface area contributed by atoms with Crippen molar-refractivity contribution in [3.63, 3.8) is 0 Å². The van der Waals surface area contributed by atoms with Gasteiger partial charge >= 0.3 is 0 Å². The third kappa shape index (κ3) is 2.00. The van der Waals surface area contributed by atoms with E-state index in [0.717, 1.165) is 22.8 Å². The highest BCUT2D eigenvalue weighted by molar-refractivity contribution is 7.79. The standard InChI is InChI=1S/C12H11NO2S2/c16-6-11-12(13-7-17-11)8-1-2-9-10(5-8)15-4-3-14-9/h1-2,5,7,16H,3-4,6H2. The number of thiazole rings is 1. The largest absolute Gasteiger partial charge is 0.486 e. The third-order valence-electron chi connectivity index (χ3n) is 2.60. The van der Waals surface area contributed by atoms with Crippen LogP contribution in [-0.2, 0) is 5.75 Å². The minimum Gasteiger partial charge on any atom is -0.486 e. The van der Waals surface area contributed by atoms with E-state index in [1.54, 1.807) is 11.3 Å². The van der Waals surface area contributed by atoms with E-state index in [-0.39, 0.29) is 0 Å². The van der Waals surface area contributed by atoms with E-state index >= 15 is 0 Å². The van der Waals surface area contributed by atoms with E-state index in [2.05, 4.69) is 17.6 Å². The van der Waals surface area contributed by atoms with Gasteiger partial charge in [-0.25, -0.2) is 4.98 Å². The molecule has 1 aromatic carbocycles. The average Bonchev–Trinajstić information content (AvgIpc) is 2.86. The van der Waals surface area contributed by atoms with Gasteiger partial charge in [0.25, 0.3) is 0 Å². The molecule has 0 N–H and O–H groups in total. The molecule has 88 valence electrons. The Labute approximate surface area is 109 Å². The Bertz CT molecular complexity index is 539. The highest BCUT2D eigenvalue weighted by Crippen LogP contribution is 2.36. The van der Waals surface area contributed by atoms with Crippen LogP contribution in [-0.4, -0.2) is 18.2 Å². The molecule has 0 fully saturated rings. The van der Waals surface area contributed by atoms with E-state index in [9.17, 15) is 0 Å². The normalized spacial score (nSPS) is 13.7. The van der Waals surface area contributed by atoms with Crippen molar-refractivity contribution in [2.75, 3.05) is 13.2 Å². The van der Waals surface area contributed by atoms with Gasteiger partial charge < -0.3 is 9.47 Å². The van der Waals surface area contributed by atoms with Gasteiger partial charge in [0.15, 0.2) is 11.5 Å². The molecule has 2 aromatic rings. The second-order valence-corrected chi connectivity index (χ2v) is 4.90. The molecule has 2 heterocycles. The summed E-state index contributed by atoms with van der Waals surface area (Å²) in [6.45, 7) is 1.22. The second kappa shape index (κ2) is 4.58. The molecule has 0 unspecified atom stereocenters. The van der Waals surface area contributed by atoms with Crippen molar-refractivity contribution < 1.29 is 9.47 Å². The van der Waals surface area contributed by atoms with Crippen LogP contribution in [0.15, 0.2) is 23.7 Å². The summed E-state index contributed by atoms with van der Waals surface area (Å²) in [5.74, 6) is 2.31. The molecule has 0 aliphatic carbocycles. The first kappa shape index (κ1) is 10.9. The van der Waals surface area contributed by atoms with E-state index in [1.807, 2.05) is 23.7 Å². The highest BCUT2D eigenvalue weighted by Gasteiger charge is 2.14. The second-order valence-electron chi connectivity index (χ2n) is 3.64. The van der Waals surface area contributed by atoms with Crippen LogP contribution in [0.1, 0.15) is 4.88 Å². The number of benzene rings is 1. The summed E-state index contributed by atoms with van der Waals surface area (Å²) in [4.78, 5) is 5.55. The number of fused-ring (bicyclic) bond motifs is 1. The maximum atomic E-state index is 5.57. The van der Waals surface area contributed by atoms with Crippen LogP contribution in [0.5, 0.6) is 11.5 Å². The molecule has 0 bridgehead atoms. The molecule has 0 radical (unpaired) electrons. The smallest absolute Gasteiger partial charge is 0.162 e. The number of ether oxygens (including phenoxy) is 2. The van der Waals surface area contributed by atoms with Crippen LogP contribution in [0.4, 0.5) is 0 Å². The number of hydrogen-bond acceptors (Lipinski definition) is 5. The zero-order valence-corrected chi connectivity index (χ0v) is 10.8. The van der Waals surface area contributed by atoms with Crippen LogP contribution in [0.3, 0.4) is 0 Å². The van der Waals surface area contributed by atoms with Crippen molar-refractivity contribution in [1.29, 1.82) is 0 Å². The van der Waals surface area contributed by atoms with Gasteiger partial charge in [0, 0.05) is 16.2 Å². The van der Waals surface area contributed by atoms with Crippen molar-refractivity contribution in [3.05, 3.63) is 28.6 Å². The fourth-order valence-corrected chi connectivity index (χ4v) is 2.82. The highest BCUT2D eigenvalue weighted by atomic mass is 32.1. The van der Waals surface area contributed by atoms with Crippen molar-refractivity contribution >= 4 is 24.0 Å². The predicted octanol–water partition coefficient (Wildman–Crippen LogP) is 3.01. The van der Waals surface area contributed by atoms with Crippen molar-refractivity contribution in [1.82, 2.24) is 4.98 Å². The van der Waals surface area contributed by atoms with Gasteiger partial charge in [0.05, 0.1) is 11.2 Å². The molecule has 0 amide bonds. The lowest BCUT2D eigenvalue weighted by atomic mass is 10.1. The van der Waals surface area contributed by atoms with Crippen LogP contribution in [0, 0.1) is 0 Å². The van der Waals surface area contributed by atoms with E-state index in [4.69, 9.17) is 9.47 Å². The Hall–Kier alpha value is -1.20. The van der Waals surface area contributed by atoms with Crippen molar-refractivity contribution in [2.45, 2.75) is 5.75 Å². The molecule has 3 nitrogen and oxygen atoms in total. The Morgan fingerprint density at radius 2 is 2.06 bits per heavy atom. The number of nitrogens with zero attached hydrogens (tertiary/aromatic N) is 1. The number of hydrogen-bond donors (Lipinski definition) is 1. The van der Waals surface area contributed by atoms with E-state index in [1.165, 1.54) is 4.88 Å². The Balaban J connectivity index is 2.04. The van der Waals surface area contributed by atoms with Crippen LogP contribution in [0.25, 0.3) is 11.3 Å². The summed E-state index contributed by atoms with van der Waals surface area (Å²) >= 11 is 5.93. The Kier molecular flexibility index (Phi) is 2.94. The lowest BCUT2D eigenvalue weighted by Gasteiger charge is -2.18. The van der Waals surface area contributed by atoms with Gasteiger partial charge in [-0.3, -0.25) is 0 Å². The first-order valence-corrected chi connectivity index (χ1v) is 6.83. The molecule has 3 rings (SSSR count). The Morgan fingerprint density at radius 1 is 1.24 bits per heavy atom. The number of rotatable bonds is 2. The molecule has 0 saturated carbocycles. The zero-order valence-electron chi connectivity index (χ0n) is 9.05. The molecule has 17 heavy (non-hydrogen) atoms. The third-order valence-corrected chi connectivity index (χ3v) is 3.96. The maximum absolute atomic E-state index is 5.57. The summed E-state index contributed by atoms with van der Waals surface area (Å²) in [7, 11) is 0. The van der Waals surface area contributed by atoms with Gasteiger partial charge in [-0.05, 0) is 18.2 Å². The molecule has 0 atom stereocenters. The van der Waals surface area contributed by atoms with Crippen LogP contribution < -0.4 is 9.47 Å². The summed E-state index contributed by atoms with van der Waals surface area (Å²) < 4.78 is 11.1. The van der Waals surface area contributed by atoms with Gasteiger partial charge in [-0.2, -0.15) is 12.6 Å². The molecule has 5 heteroatoms. The van der Waals surface area contributed by atoms with Crippen LogP contribution >= 0.6 is 24.0 Å². The van der Waals surface area contributed by atoms with Crippen molar-refractivity contribution in [2.24, 2.45) is 0 Å². The molecule has 1 aliphatic heterocycles. The monoisotopic (exact) mass is 265 g/mol. The van der Waals surface area contributed by atoms with E-state index in [0.29, 0.717) is 19.0 Å². The predicted molar refractivity (Wildman–Crippen MR) is 71.2 cm³/mol. The maximum Gasteiger partial charge on any atom is 0.162 e. The Morgan fingerprint density at radius 3 is 2.88 bits per heavy atom. The lowest BCUT2D eigenvalue weighted by Crippen LogP contribution is -2.15. The minimum atomic E-state index is 0.604. The molecule has 1 aliphatic rings. The number of thiol groups is 1. The van der Waals surface area contributed by atoms with Gasteiger partial charge in [-0.1, -0.05) is 0 Å². The van der Waals surface area contributed by atoms with Gasteiger partial charge in [0.2, 0.25) is 0 Å². The first-order valence-electron chi connectivity index (χ1n) is 5.32. The lowest BCUT2D eigenvalue weighted by molar-refractivity contribution is 0.171. The molecular weight excluding hydrogens is 254 g/mol. The summed E-state index contributed by atoms with van der Waals surface area (Å²) in [5, 5.41) is 0. The summed E-state index contributed by atoms with van der Waals surface area (Å²) in [6.07, 6.45) is 0. The first-order chi connectivity index (χ1) is 8.38. The van der Waals surface area contributed by atoms with Crippen molar-refractivity contribution in [3.8, 4) is 22.8 Å². The minimum absolute atomic E-state index is 0.604. The van der Waals surface area contributed by atoms with Crippen LogP contribution in [0.2, 0.25) is 0 Å². The van der Waals surface area contributed by atoms with Gasteiger partial charge in [0.1, 0.15) is 13.2 Å². The fourth-order valence-electron chi connectivity index (χ4n) is 1.81. The SMILES string of the molecule is SCc1scnc1-c1ccc2c(c1)OCCO2. The molecule has 0 saturated heterocycles. The summed E-state index contributed by atoms with van der Waals surface area (Å²) in [5.41, 5.74) is 3.89. The quantitative estimate of drug-likeness (QED) is 0.847. The summed E-state index contributed by atoms with van der Waals surface area (Å²) in [6, 6.07) is 5.93. The molecule has 1 aromatic heterocycles. The topological polar surface area (TPSA) is 31.4 Å². The molecular formula is C12H11NO2S2. The van der Waals surface area contributed by atoms with Gasteiger partial charge in [-0.15, -0.1) is 11.3 Å².